The highest BCUT2D eigenvalue weighted by atomic mass is 19.1. The van der Waals surface area contributed by atoms with Crippen LogP contribution in [0.2, 0.25) is 0 Å². The van der Waals surface area contributed by atoms with Crippen molar-refractivity contribution < 1.29 is 18.6 Å². The summed E-state index contributed by atoms with van der Waals surface area (Å²) in [5.41, 5.74) is 9.11. The molecule has 1 aromatic carbocycles. The van der Waals surface area contributed by atoms with Crippen LogP contribution >= 0.6 is 0 Å². The second-order valence-electron chi connectivity index (χ2n) is 9.74. The molecule has 0 spiro atoms. The SMILES string of the molecule is CC1(C)OC2C(C=Cc3ccccc3F)OC(n3cnc4c(C(N)C5CCC5)ncnc43)C2O1. The van der Waals surface area contributed by atoms with E-state index >= 15 is 0 Å². The Labute approximate surface area is 196 Å². The third-order valence-electron chi connectivity index (χ3n) is 7.07. The maximum Gasteiger partial charge on any atom is 0.166 e. The van der Waals surface area contributed by atoms with Gasteiger partial charge < -0.3 is 19.9 Å². The zero-order valence-electron chi connectivity index (χ0n) is 19.2. The van der Waals surface area contributed by atoms with Crippen molar-refractivity contribution in [1.29, 1.82) is 0 Å². The van der Waals surface area contributed by atoms with E-state index in [0.717, 1.165) is 18.5 Å². The Morgan fingerprint density at radius 3 is 2.71 bits per heavy atom. The first-order valence-corrected chi connectivity index (χ1v) is 11.8. The third-order valence-corrected chi connectivity index (χ3v) is 7.07. The summed E-state index contributed by atoms with van der Waals surface area (Å²) < 4.78 is 34.8. The van der Waals surface area contributed by atoms with Gasteiger partial charge in [-0.2, -0.15) is 0 Å². The Kier molecular flexibility index (Phi) is 5.25. The number of halogens is 1. The van der Waals surface area contributed by atoms with Crippen LogP contribution < -0.4 is 5.73 Å². The molecule has 2 saturated heterocycles. The number of nitrogens with zero attached hydrogens (tertiary/aromatic N) is 4. The molecule has 6 rings (SSSR count). The second-order valence-corrected chi connectivity index (χ2v) is 9.74. The van der Waals surface area contributed by atoms with E-state index in [0.29, 0.717) is 22.6 Å². The molecule has 4 heterocycles. The summed E-state index contributed by atoms with van der Waals surface area (Å²) >= 11 is 0. The van der Waals surface area contributed by atoms with Gasteiger partial charge in [0.05, 0.1) is 18.1 Å². The fourth-order valence-corrected chi connectivity index (χ4v) is 5.12. The summed E-state index contributed by atoms with van der Waals surface area (Å²) in [5, 5.41) is 0. The van der Waals surface area contributed by atoms with Gasteiger partial charge in [0, 0.05) is 5.56 Å². The van der Waals surface area contributed by atoms with Crippen LogP contribution in [0.15, 0.2) is 43.0 Å². The number of rotatable bonds is 5. The highest BCUT2D eigenvalue weighted by Crippen LogP contribution is 2.44. The predicted octanol–water partition coefficient (Wildman–Crippen LogP) is 3.90. The molecular weight excluding hydrogens is 437 g/mol. The molecule has 3 aromatic rings. The first-order valence-electron chi connectivity index (χ1n) is 11.8. The Morgan fingerprint density at radius 2 is 1.94 bits per heavy atom. The van der Waals surface area contributed by atoms with E-state index in [1.54, 1.807) is 30.6 Å². The number of fused-ring (bicyclic) bond motifs is 2. The smallest absolute Gasteiger partial charge is 0.166 e. The fraction of sp³-hybridized carbons (Fsp3) is 0.480. The lowest BCUT2D eigenvalue weighted by atomic mass is 9.79. The van der Waals surface area contributed by atoms with Gasteiger partial charge in [-0.3, -0.25) is 4.57 Å². The highest BCUT2D eigenvalue weighted by Gasteiger charge is 2.55. The van der Waals surface area contributed by atoms with Crippen molar-refractivity contribution in [3.63, 3.8) is 0 Å². The Balaban J connectivity index is 1.34. The Hall–Kier alpha value is -2.72. The minimum atomic E-state index is -0.773. The van der Waals surface area contributed by atoms with Crippen molar-refractivity contribution in [3.8, 4) is 0 Å². The van der Waals surface area contributed by atoms with Gasteiger partial charge in [0.2, 0.25) is 0 Å². The molecule has 2 N–H and O–H groups in total. The van der Waals surface area contributed by atoms with Crippen molar-refractivity contribution in [1.82, 2.24) is 19.5 Å². The molecule has 5 atom stereocenters. The summed E-state index contributed by atoms with van der Waals surface area (Å²) in [6.07, 6.45) is 8.50. The van der Waals surface area contributed by atoms with Crippen LogP contribution in [0.5, 0.6) is 0 Å². The van der Waals surface area contributed by atoms with Gasteiger partial charge in [-0.25, -0.2) is 19.3 Å². The van der Waals surface area contributed by atoms with Crippen molar-refractivity contribution in [3.05, 3.63) is 60.1 Å². The van der Waals surface area contributed by atoms with E-state index in [2.05, 4.69) is 15.0 Å². The average Bonchev–Trinajstić information content (AvgIpc) is 3.42. The zero-order chi connectivity index (χ0) is 23.4. The van der Waals surface area contributed by atoms with E-state index in [9.17, 15) is 4.39 Å². The van der Waals surface area contributed by atoms with Gasteiger partial charge >= 0.3 is 0 Å². The lowest BCUT2D eigenvalue weighted by Gasteiger charge is -2.30. The molecule has 1 aliphatic carbocycles. The Bertz CT molecular complexity index is 1240. The number of hydrogen-bond acceptors (Lipinski definition) is 7. The van der Waals surface area contributed by atoms with Gasteiger partial charge in [0.15, 0.2) is 17.7 Å². The van der Waals surface area contributed by atoms with Gasteiger partial charge in [-0.05, 0) is 38.7 Å². The molecule has 1 saturated carbocycles. The van der Waals surface area contributed by atoms with Crippen LogP contribution in [0.4, 0.5) is 4.39 Å². The van der Waals surface area contributed by atoms with E-state index in [-0.39, 0.29) is 24.1 Å². The molecule has 0 bridgehead atoms. The zero-order valence-corrected chi connectivity index (χ0v) is 19.2. The number of imidazole rings is 1. The summed E-state index contributed by atoms with van der Waals surface area (Å²) in [7, 11) is 0. The van der Waals surface area contributed by atoms with Crippen LogP contribution in [-0.4, -0.2) is 43.6 Å². The lowest BCUT2D eigenvalue weighted by molar-refractivity contribution is -0.191. The molecule has 3 aliphatic rings. The number of benzene rings is 1. The summed E-state index contributed by atoms with van der Waals surface area (Å²) in [6, 6.07) is 6.45. The first-order chi connectivity index (χ1) is 16.4. The largest absolute Gasteiger partial charge is 0.345 e. The van der Waals surface area contributed by atoms with E-state index in [4.69, 9.17) is 19.9 Å². The van der Waals surface area contributed by atoms with Crippen molar-refractivity contribution >= 4 is 17.2 Å². The van der Waals surface area contributed by atoms with E-state index in [1.807, 2.05) is 24.5 Å². The van der Waals surface area contributed by atoms with E-state index in [1.165, 1.54) is 18.8 Å². The molecular formula is C25H28FN5O3. The lowest BCUT2D eigenvalue weighted by Crippen LogP contribution is -2.28. The van der Waals surface area contributed by atoms with Crippen LogP contribution in [0.1, 0.15) is 56.6 Å². The second kappa shape index (κ2) is 8.20. The molecule has 178 valence electrons. The molecule has 2 aliphatic heterocycles. The maximum atomic E-state index is 14.1. The number of hydrogen-bond donors (Lipinski definition) is 1. The standard InChI is InChI=1S/C25H28FN5O3/c1-25(2)33-21-17(11-10-14-6-3-4-9-16(14)26)32-24(22(21)34-25)31-13-30-20-19(28-12-29-23(20)31)18(27)15-7-5-8-15/h3-4,6,9-13,15,17-18,21-22,24H,5,7-8,27H2,1-2H3. The Morgan fingerprint density at radius 1 is 1.15 bits per heavy atom. The van der Waals surface area contributed by atoms with Crippen LogP contribution in [0.25, 0.3) is 17.2 Å². The fourth-order valence-electron chi connectivity index (χ4n) is 5.12. The minimum absolute atomic E-state index is 0.165. The quantitative estimate of drug-likeness (QED) is 0.610. The monoisotopic (exact) mass is 465 g/mol. The van der Waals surface area contributed by atoms with Crippen molar-refractivity contribution in [2.75, 3.05) is 0 Å². The highest BCUT2D eigenvalue weighted by molar-refractivity contribution is 5.74. The minimum Gasteiger partial charge on any atom is -0.345 e. The van der Waals surface area contributed by atoms with Crippen LogP contribution in [-0.2, 0) is 14.2 Å². The summed E-state index contributed by atoms with van der Waals surface area (Å²) in [5.74, 6) is -0.637. The van der Waals surface area contributed by atoms with Crippen molar-refractivity contribution in [2.45, 2.75) is 69.5 Å². The van der Waals surface area contributed by atoms with Crippen LogP contribution in [0.3, 0.4) is 0 Å². The predicted molar refractivity (Wildman–Crippen MR) is 123 cm³/mol. The molecule has 2 aromatic heterocycles. The molecule has 0 amide bonds. The molecule has 5 unspecified atom stereocenters. The normalized spacial score (nSPS) is 29.5. The van der Waals surface area contributed by atoms with Gasteiger partial charge in [0.1, 0.15) is 36.0 Å². The molecule has 34 heavy (non-hydrogen) atoms. The molecule has 3 fully saturated rings. The third kappa shape index (κ3) is 3.63. The summed E-state index contributed by atoms with van der Waals surface area (Å²) in [4.78, 5) is 13.6. The molecule has 0 radical (unpaired) electrons. The summed E-state index contributed by atoms with van der Waals surface area (Å²) in [6.45, 7) is 3.76. The van der Waals surface area contributed by atoms with Crippen molar-refractivity contribution in [2.24, 2.45) is 11.7 Å². The van der Waals surface area contributed by atoms with Gasteiger partial charge in [-0.1, -0.05) is 36.8 Å². The number of nitrogens with two attached hydrogens (primary N) is 1. The molecule has 8 nitrogen and oxygen atoms in total. The van der Waals surface area contributed by atoms with Crippen LogP contribution in [0, 0.1) is 11.7 Å². The number of aromatic nitrogens is 4. The molecule has 9 heteroatoms. The number of ether oxygens (including phenoxy) is 3. The van der Waals surface area contributed by atoms with E-state index < -0.39 is 18.1 Å². The van der Waals surface area contributed by atoms with Gasteiger partial charge in [-0.15, -0.1) is 0 Å². The van der Waals surface area contributed by atoms with Gasteiger partial charge in [0.25, 0.3) is 0 Å². The maximum absolute atomic E-state index is 14.1. The topological polar surface area (TPSA) is 97.3 Å². The first kappa shape index (κ1) is 21.8. The average molecular weight is 466 g/mol.